The lowest BCUT2D eigenvalue weighted by atomic mass is 9.87. The van der Waals surface area contributed by atoms with Gasteiger partial charge < -0.3 is 10.2 Å². The summed E-state index contributed by atoms with van der Waals surface area (Å²) in [6.45, 7) is 6.03. The van der Waals surface area contributed by atoms with Gasteiger partial charge in [-0.05, 0) is 30.9 Å². The van der Waals surface area contributed by atoms with Crippen molar-refractivity contribution in [2.45, 2.75) is 51.7 Å². The maximum absolute atomic E-state index is 13.3. The molecule has 0 spiro atoms. The standard InChI is InChI=1S/C24H29N3O3/c1-4-18(3)26(16-19-12-8-6-9-13-19)21(28)17-27-22(29)24(5-2,25-23(27)30)20-14-10-7-11-15-20/h6-15,18H,4-5,16-17H2,1-3H3,(H,25,30). The topological polar surface area (TPSA) is 69.7 Å². The molecule has 6 nitrogen and oxygen atoms in total. The highest BCUT2D eigenvalue weighted by atomic mass is 16.2. The quantitative estimate of drug-likeness (QED) is 0.679. The Morgan fingerprint density at radius 2 is 1.63 bits per heavy atom. The average molecular weight is 408 g/mol. The molecule has 0 radical (unpaired) electrons. The molecule has 0 saturated carbocycles. The number of carbonyl (C=O) groups is 3. The first kappa shape index (κ1) is 21.6. The Morgan fingerprint density at radius 3 is 2.20 bits per heavy atom. The van der Waals surface area contributed by atoms with Crippen molar-refractivity contribution in [1.82, 2.24) is 15.1 Å². The van der Waals surface area contributed by atoms with E-state index in [4.69, 9.17) is 0 Å². The predicted molar refractivity (Wildman–Crippen MR) is 115 cm³/mol. The molecule has 1 saturated heterocycles. The van der Waals surface area contributed by atoms with Crippen LogP contribution in [0.1, 0.15) is 44.7 Å². The van der Waals surface area contributed by atoms with Crippen LogP contribution in [0.5, 0.6) is 0 Å². The minimum absolute atomic E-state index is 0.0106. The SMILES string of the molecule is CCC(C)N(Cc1ccccc1)C(=O)CN1C(=O)NC(CC)(c2ccccc2)C1=O. The van der Waals surface area contributed by atoms with Crippen molar-refractivity contribution < 1.29 is 14.4 Å². The van der Waals surface area contributed by atoms with Crippen molar-refractivity contribution >= 4 is 17.8 Å². The van der Waals surface area contributed by atoms with E-state index in [0.29, 0.717) is 13.0 Å². The van der Waals surface area contributed by atoms with Gasteiger partial charge >= 0.3 is 6.03 Å². The zero-order chi connectivity index (χ0) is 21.7. The maximum Gasteiger partial charge on any atom is 0.325 e. The Bertz CT molecular complexity index is 900. The highest BCUT2D eigenvalue weighted by Crippen LogP contribution is 2.32. The lowest BCUT2D eigenvalue weighted by molar-refractivity contribution is -0.140. The number of hydrogen-bond donors (Lipinski definition) is 1. The van der Waals surface area contributed by atoms with Crippen LogP contribution in [0.4, 0.5) is 4.79 Å². The van der Waals surface area contributed by atoms with Crippen LogP contribution in [-0.2, 0) is 21.7 Å². The Labute approximate surface area is 177 Å². The molecule has 4 amide bonds. The van der Waals surface area contributed by atoms with E-state index in [9.17, 15) is 14.4 Å². The summed E-state index contributed by atoms with van der Waals surface area (Å²) in [6, 6.07) is 18.4. The summed E-state index contributed by atoms with van der Waals surface area (Å²) in [5, 5.41) is 2.84. The second-order valence-corrected chi connectivity index (χ2v) is 7.71. The van der Waals surface area contributed by atoms with Crippen LogP contribution in [-0.4, -0.2) is 40.2 Å². The number of urea groups is 1. The maximum atomic E-state index is 13.3. The summed E-state index contributed by atoms with van der Waals surface area (Å²) in [6.07, 6.45) is 1.19. The number of nitrogens with zero attached hydrogens (tertiary/aromatic N) is 2. The van der Waals surface area contributed by atoms with Gasteiger partial charge in [0, 0.05) is 12.6 Å². The Balaban J connectivity index is 1.82. The molecule has 2 atom stereocenters. The van der Waals surface area contributed by atoms with E-state index in [0.717, 1.165) is 22.4 Å². The number of rotatable bonds is 8. The highest BCUT2D eigenvalue weighted by Gasteiger charge is 2.51. The molecule has 0 aliphatic carbocycles. The van der Waals surface area contributed by atoms with Gasteiger partial charge in [-0.2, -0.15) is 0 Å². The molecule has 3 rings (SSSR count). The van der Waals surface area contributed by atoms with Gasteiger partial charge in [0.1, 0.15) is 12.1 Å². The molecule has 2 aromatic rings. The highest BCUT2D eigenvalue weighted by molar-refractivity contribution is 6.09. The molecule has 1 aliphatic rings. The third kappa shape index (κ3) is 4.08. The van der Waals surface area contributed by atoms with Gasteiger partial charge in [-0.3, -0.25) is 14.5 Å². The molecule has 2 unspecified atom stereocenters. The fourth-order valence-corrected chi connectivity index (χ4v) is 3.85. The molecule has 1 fully saturated rings. The molecule has 6 heteroatoms. The van der Waals surface area contributed by atoms with E-state index in [1.807, 2.05) is 81.4 Å². The minimum Gasteiger partial charge on any atom is -0.334 e. The van der Waals surface area contributed by atoms with Crippen molar-refractivity contribution in [3.63, 3.8) is 0 Å². The normalized spacial score (nSPS) is 19.5. The van der Waals surface area contributed by atoms with Crippen LogP contribution in [0.3, 0.4) is 0 Å². The summed E-state index contributed by atoms with van der Waals surface area (Å²) in [5.74, 6) is -0.616. The van der Waals surface area contributed by atoms with Crippen molar-refractivity contribution in [2.75, 3.05) is 6.54 Å². The number of carbonyl (C=O) groups excluding carboxylic acids is 3. The molecule has 1 aliphatic heterocycles. The number of nitrogens with one attached hydrogen (secondary N) is 1. The van der Waals surface area contributed by atoms with Gasteiger partial charge in [-0.25, -0.2) is 4.79 Å². The van der Waals surface area contributed by atoms with Crippen LogP contribution >= 0.6 is 0 Å². The molecule has 1 heterocycles. The molecular weight excluding hydrogens is 378 g/mol. The van der Waals surface area contributed by atoms with E-state index in [2.05, 4.69) is 5.32 Å². The summed E-state index contributed by atoms with van der Waals surface area (Å²) < 4.78 is 0. The summed E-state index contributed by atoms with van der Waals surface area (Å²) >= 11 is 0. The lowest BCUT2D eigenvalue weighted by Gasteiger charge is -2.30. The van der Waals surface area contributed by atoms with Crippen molar-refractivity contribution in [1.29, 1.82) is 0 Å². The number of amides is 4. The van der Waals surface area contributed by atoms with Crippen LogP contribution in [0.25, 0.3) is 0 Å². The molecule has 1 N–H and O–H groups in total. The van der Waals surface area contributed by atoms with E-state index in [1.54, 1.807) is 4.90 Å². The van der Waals surface area contributed by atoms with Gasteiger partial charge in [0.2, 0.25) is 5.91 Å². The summed E-state index contributed by atoms with van der Waals surface area (Å²) in [7, 11) is 0. The first-order chi connectivity index (χ1) is 14.4. The largest absolute Gasteiger partial charge is 0.334 e. The van der Waals surface area contributed by atoms with Crippen LogP contribution in [0.15, 0.2) is 60.7 Å². The van der Waals surface area contributed by atoms with Crippen LogP contribution in [0, 0.1) is 0 Å². The summed E-state index contributed by atoms with van der Waals surface area (Å²) in [5.41, 5.74) is 0.610. The molecule has 2 aromatic carbocycles. The van der Waals surface area contributed by atoms with Gasteiger partial charge in [0.15, 0.2) is 0 Å². The molecule has 0 bridgehead atoms. The molecule has 0 aromatic heterocycles. The second-order valence-electron chi connectivity index (χ2n) is 7.71. The van der Waals surface area contributed by atoms with E-state index < -0.39 is 11.6 Å². The Kier molecular flexibility index (Phi) is 6.55. The van der Waals surface area contributed by atoms with Gasteiger partial charge in [-0.1, -0.05) is 74.5 Å². The van der Waals surface area contributed by atoms with Crippen molar-refractivity contribution in [3.05, 3.63) is 71.8 Å². The smallest absolute Gasteiger partial charge is 0.325 e. The summed E-state index contributed by atoms with van der Waals surface area (Å²) in [4.78, 5) is 42.0. The minimum atomic E-state index is -1.13. The first-order valence-electron chi connectivity index (χ1n) is 10.5. The zero-order valence-electron chi connectivity index (χ0n) is 17.8. The number of hydrogen-bond acceptors (Lipinski definition) is 3. The Hall–Kier alpha value is -3.15. The van der Waals surface area contributed by atoms with Crippen LogP contribution in [0.2, 0.25) is 0 Å². The molecule has 158 valence electrons. The molecule has 30 heavy (non-hydrogen) atoms. The van der Waals surface area contributed by atoms with E-state index in [1.165, 1.54) is 0 Å². The van der Waals surface area contributed by atoms with Crippen molar-refractivity contribution in [3.8, 4) is 0 Å². The third-order valence-corrected chi connectivity index (χ3v) is 5.90. The monoisotopic (exact) mass is 407 g/mol. The van der Waals surface area contributed by atoms with Gasteiger partial charge in [0.25, 0.3) is 5.91 Å². The van der Waals surface area contributed by atoms with Gasteiger partial charge in [0.05, 0.1) is 0 Å². The molecular formula is C24H29N3O3. The zero-order valence-corrected chi connectivity index (χ0v) is 17.8. The second kappa shape index (κ2) is 9.11. The lowest BCUT2D eigenvalue weighted by Crippen LogP contribution is -2.47. The average Bonchev–Trinajstić information content (AvgIpc) is 3.03. The fraction of sp³-hybridized carbons (Fsp3) is 0.375. The predicted octanol–water partition coefficient (Wildman–Crippen LogP) is 3.67. The third-order valence-electron chi connectivity index (χ3n) is 5.90. The fourth-order valence-electron chi connectivity index (χ4n) is 3.85. The first-order valence-corrected chi connectivity index (χ1v) is 10.5. The number of imide groups is 1. The Morgan fingerprint density at radius 1 is 1.03 bits per heavy atom. The van der Waals surface area contributed by atoms with E-state index in [-0.39, 0.29) is 24.4 Å². The van der Waals surface area contributed by atoms with Gasteiger partial charge in [-0.15, -0.1) is 0 Å². The van der Waals surface area contributed by atoms with Crippen molar-refractivity contribution in [2.24, 2.45) is 0 Å². The van der Waals surface area contributed by atoms with Crippen LogP contribution < -0.4 is 5.32 Å². The van der Waals surface area contributed by atoms with E-state index >= 15 is 0 Å². The number of benzene rings is 2.